The number of hydrogen-bond donors (Lipinski definition) is 0. The highest BCUT2D eigenvalue weighted by molar-refractivity contribution is 5.81. The van der Waals surface area contributed by atoms with Crippen LogP contribution in [0.4, 0.5) is 0 Å². The lowest BCUT2D eigenvalue weighted by molar-refractivity contribution is -0.136. The minimum absolute atomic E-state index is 0.0512. The Kier molecular flexibility index (Phi) is 4.77. The quantitative estimate of drug-likeness (QED) is 0.827. The van der Waals surface area contributed by atoms with Gasteiger partial charge in [0.25, 0.3) is 5.91 Å². The van der Waals surface area contributed by atoms with E-state index >= 15 is 0 Å². The predicted molar refractivity (Wildman–Crippen MR) is 76.7 cm³/mol. The maximum Gasteiger partial charge on any atom is 0.263 e. The average Bonchev–Trinajstić information content (AvgIpc) is 2.93. The van der Waals surface area contributed by atoms with Crippen LogP contribution in [0.2, 0.25) is 0 Å². The molecule has 1 heterocycles. The number of ketones is 1. The minimum Gasteiger partial charge on any atom is -0.481 e. The summed E-state index contributed by atoms with van der Waals surface area (Å²) >= 11 is 0. The molecule has 0 saturated carbocycles. The molecule has 1 aromatic carbocycles. The van der Waals surface area contributed by atoms with Gasteiger partial charge in [-0.2, -0.15) is 0 Å². The lowest BCUT2D eigenvalue weighted by atomic mass is 10.1. The van der Waals surface area contributed by atoms with Crippen molar-refractivity contribution >= 4 is 11.7 Å². The van der Waals surface area contributed by atoms with E-state index in [0.29, 0.717) is 12.2 Å². The highest BCUT2D eigenvalue weighted by Crippen LogP contribution is 2.16. The molecule has 1 aromatic rings. The summed E-state index contributed by atoms with van der Waals surface area (Å²) in [6.45, 7) is 5.03. The van der Waals surface area contributed by atoms with Crippen molar-refractivity contribution in [3.05, 3.63) is 29.8 Å². The summed E-state index contributed by atoms with van der Waals surface area (Å²) in [5, 5.41) is 0. The fraction of sp³-hybridized carbons (Fsp3) is 0.500. The zero-order chi connectivity index (χ0) is 14.5. The van der Waals surface area contributed by atoms with E-state index in [4.69, 9.17) is 4.74 Å². The Balaban J connectivity index is 1.91. The molecule has 0 N–H and O–H groups in total. The Hall–Kier alpha value is -1.84. The van der Waals surface area contributed by atoms with E-state index in [1.165, 1.54) is 0 Å². The smallest absolute Gasteiger partial charge is 0.263 e. The van der Waals surface area contributed by atoms with Crippen LogP contribution in [0.1, 0.15) is 32.3 Å². The number of amides is 1. The molecule has 1 fully saturated rings. The van der Waals surface area contributed by atoms with E-state index in [1.54, 1.807) is 13.8 Å². The third-order valence-electron chi connectivity index (χ3n) is 3.45. The van der Waals surface area contributed by atoms with Crippen LogP contribution in [0.15, 0.2) is 24.3 Å². The van der Waals surface area contributed by atoms with Crippen molar-refractivity contribution in [2.45, 2.75) is 39.2 Å². The molecule has 2 rings (SSSR count). The Morgan fingerprint density at radius 1 is 1.20 bits per heavy atom. The van der Waals surface area contributed by atoms with Gasteiger partial charge in [0.2, 0.25) is 0 Å². The molecular weight excluding hydrogens is 254 g/mol. The molecule has 1 saturated heterocycles. The third-order valence-corrected chi connectivity index (χ3v) is 3.45. The molecular formula is C16H21NO3. The first kappa shape index (κ1) is 14.6. The van der Waals surface area contributed by atoms with Gasteiger partial charge in [-0.1, -0.05) is 12.1 Å². The lowest BCUT2D eigenvalue weighted by Gasteiger charge is -2.21. The van der Waals surface area contributed by atoms with Crippen LogP contribution in [0, 0.1) is 0 Å². The molecule has 1 unspecified atom stereocenters. The molecule has 0 aromatic heterocycles. The normalized spacial score (nSPS) is 16.0. The van der Waals surface area contributed by atoms with Gasteiger partial charge >= 0.3 is 0 Å². The molecule has 0 radical (unpaired) electrons. The highest BCUT2D eigenvalue weighted by Gasteiger charge is 2.24. The monoisotopic (exact) mass is 275 g/mol. The predicted octanol–water partition coefficient (Wildman–Crippen LogP) is 2.21. The first-order valence-electron chi connectivity index (χ1n) is 7.10. The topological polar surface area (TPSA) is 46.6 Å². The van der Waals surface area contributed by atoms with E-state index in [1.807, 2.05) is 29.2 Å². The lowest BCUT2D eigenvalue weighted by Crippen LogP contribution is -2.38. The van der Waals surface area contributed by atoms with Gasteiger partial charge in [0.15, 0.2) is 6.10 Å². The van der Waals surface area contributed by atoms with E-state index < -0.39 is 6.10 Å². The van der Waals surface area contributed by atoms with Crippen molar-refractivity contribution in [1.82, 2.24) is 4.90 Å². The largest absolute Gasteiger partial charge is 0.481 e. The van der Waals surface area contributed by atoms with Crippen LogP contribution in [0.25, 0.3) is 0 Å². The van der Waals surface area contributed by atoms with Crippen molar-refractivity contribution in [2.24, 2.45) is 0 Å². The van der Waals surface area contributed by atoms with Gasteiger partial charge < -0.3 is 9.64 Å². The van der Waals surface area contributed by atoms with Gasteiger partial charge in [-0.25, -0.2) is 0 Å². The third kappa shape index (κ3) is 3.83. The number of benzene rings is 1. The van der Waals surface area contributed by atoms with Crippen LogP contribution in [-0.4, -0.2) is 35.8 Å². The van der Waals surface area contributed by atoms with Gasteiger partial charge in [-0.3, -0.25) is 9.59 Å². The zero-order valence-corrected chi connectivity index (χ0v) is 12.1. The van der Waals surface area contributed by atoms with E-state index in [-0.39, 0.29) is 11.7 Å². The molecule has 1 aliphatic heterocycles. The zero-order valence-electron chi connectivity index (χ0n) is 12.1. The molecule has 1 aliphatic rings. The van der Waals surface area contributed by atoms with Crippen molar-refractivity contribution in [3.63, 3.8) is 0 Å². The molecule has 4 heteroatoms. The van der Waals surface area contributed by atoms with Gasteiger partial charge in [0.05, 0.1) is 0 Å². The Morgan fingerprint density at radius 2 is 1.80 bits per heavy atom. The molecule has 1 atom stereocenters. The number of hydrogen-bond acceptors (Lipinski definition) is 3. The summed E-state index contributed by atoms with van der Waals surface area (Å²) in [4.78, 5) is 25.0. The molecule has 0 bridgehead atoms. The highest BCUT2D eigenvalue weighted by atomic mass is 16.5. The number of carbonyl (C=O) groups excluding carboxylic acids is 2. The van der Waals surface area contributed by atoms with E-state index in [2.05, 4.69) is 0 Å². The van der Waals surface area contributed by atoms with Crippen molar-refractivity contribution in [1.29, 1.82) is 0 Å². The summed E-state index contributed by atoms with van der Waals surface area (Å²) in [6, 6.07) is 7.35. The number of ether oxygens (including phenoxy) is 1. The van der Waals surface area contributed by atoms with E-state index in [0.717, 1.165) is 31.5 Å². The second kappa shape index (κ2) is 6.55. The summed E-state index contributed by atoms with van der Waals surface area (Å²) in [7, 11) is 0. The number of likely N-dealkylation sites (tertiary alicyclic amines) is 1. The van der Waals surface area contributed by atoms with Gasteiger partial charge in [-0.05, 0) is 44.4 Å². The van der Waals surface area contributed by atoms with Gasteiger partial charge in [-0.15, -0.1) is 0 Å². The summed E-state index contributed by atoms with van der Waals surface area (Å²) in [6.07, 6.45) is 2.13. The Bertz CT molecular complexity index is 475. The summed E-state index contributed by atoms with van der Waals surface area (Å²) < 4.78 is 5.67. The Morgan fingerprint density at radius 3 is 2.35 bits per heavy atom. The fourth-order valence-corrected chi connectivity index (χ4v) is 2.42. The number of Topliss-reactive ketones (excluding diaryl/α,β-unsaturated/α-hetero) is 1. The number of nitrogens with zero attached hydrogens (tertiary/aromatic N) is 1. The molecule has 108 valence electrons. The molecule has 0 aliphatic carbocycles. The first-order valence-corrected chi connectivity index (χ1v) is 7.10. The van der Waals surface area contributed by atoms with Crippen LogP contribution in [-0.2, 0) is 16.0 Å². The van der Waals surface area contributed by atoms with Crippen molar-refractivity contribution in [2.75, 3.05) is 13.1 Å². The second-order valence-electron chi connectivity index (χ2n) is 5.32. The summed E-state index contributed by atoms with van der Waals surface area (Å²) in [5.41, 5.74) is 0.961. The van der Waals surface area contributed by atoms with Crippen molar-refractivity contribution in [3.8, 4) is 5.75 Å². The van der Waals surface area contributed by atoms with Crippen LogP contribution >= 0.6 is 0 Å². The Labute approximate surface area is 119 Å². The second-order valence-corrected chi connectivity index (χ2v) is 5.32. The van der Waals surface area contributed by atoms with Crippen LogP contribution in [0.5, 0.6) is 5.75 Å². The first-order chi connectivity index (χ1) is 9.56. The minimum atomic E-state index is -0.466. The maximum absolute atomic E-state index is 12.1. The van der Waals surface area contributed by atoms with Crippen LogP contribution in [0.3, 0.4) is 0 Å². The van der Waals surface area contributed by atoms with Crippen LogP contribution < -0.4 is 4.74 Å². The summed E-state index contributed by atoms with van der Waals surface area (Å²) in [5.74, 6) is 0.851. The molecule has 20 heavy (non-hydrogen) atoms. The van der Waals surface area contributed by atoms with Gasteiger partial charge in [0.1, 0.15) is 11.5 Å². The molecule has 0 spiro atoms. The van der Waals surface area contributed by atoms with Gasteiger partial charge in [0, 0.05) is 19.5 Å². The van der Waals surface area contributed by atoms with Crippen molar-refractivity contribution < 1.29 is 14.3 Å². The molecule has 4 nitrogen and oxygen atoms in total. The fourth-order valence-electron chi connectivity index (χ4n) is 2.42. The molecule has 1 amide bonds. The maximum atomic E-state index is 12.1. The standard InChI is InChI=1S/C16H21NO3/c1-12(18)11-14-5-7-15(8-6-14)20-13(2)16(19)17-9-3-4-10-17/h5-8,13H,3-4,9-11H2,1-2H3. The number of carbonyl (C=O) groups is 2. The number of rotatable bonds is 5. The SMILES string of the molecule is CC(=O)Cc1ccc(OC(C)C(=O)N2CCCC2)cc1. The average molecular weight is 275 g/mol. The van der Waals surface area contributed by atoms with E-state index in [9.17, 15) is 9.59 Å².